The lowest BCUT2D eigenvalue weighted by Crippen LogP contribution is -2.52. The summed E-state index contributed by atoms with van der Waals surface area (Å²) in [5.41, 5.74) is 6.79. The molecule has 1 rings (SSSR count). The van der Waals surface area contributed by atoms with E-state index in [1.807, 2.05) is 31.2 Å². The summed E-state index contributed by atoms with van der Waals surface area (Å²) in [7, 11) is 0. The van der Waals surface area contributed by atoms with Gasteiger partial charge in [0.25, 0.3) is 0 Å². The Hall–Kier alpha value is -2.57. The number of anilines is 1. The summed E-state index contributed by atoms with van der Waals surface area (Å²) in [5, 5.41) is 7.63. The Balaban J connectivity index is 2.57. The van der Waals surface area contributed by atoms with Crippen LogP contribution in [0.5, 0.6) is 0 Å². The average Bonchev–Trinajstić information content (AvgIpc) is 2.50. The zero-order chi connectivity index (χ0) is 17.4. The summed E-state index contributed by atoms with van der Waals surface area (Å²) in [6.07, 6.45) is 0.792. The molecule has 0 saturated carbocycles. The van der Waals surface area contributed by atoms with Gasteiger partial charge in [0.15, 0.2) is 0 Å². The first-order valence-electron chi connectivity index (χ1n) is 7.56. The quantitative estimate of drug-likeness (QED) is 0.601. The summed E-state index contributed by atoms with van der Waals surface area (Å²) < 4.78 is 0. The summed E-state index contributed by atoms with van der Waals surface area (Å²) >= 11 is 0. The Morgan fingerprint density at radius 2 is 1.83 bits per heavy atom. The van der Waals surface area contributed by atoms with E-state index in [1.165, 1.54) is 0 Å². The van der Waals surface area contributed by atoms with Crippen LogP contribution < -0.4 is 21.7 Å². The van der Waals surface area contributed by atoms with Gasteiger partial charge in [-0.2, -0.15) is 0 Å². The minimum Gasteiger partial charge on any atom is -0.352 e. The van der Waals surface area contributed by atoms with Crippen LogP contribution in [0.4, 0.5) is 10.5 Å². The second-order valence-electron chi connectivity index (χ2n) is 5.51. The monoisotopic (exact) mass is 320 g/mol. The number of aryl methyl sites for hydroxylation is 1. The lowest BCUT2D eigenvalue weighted by atomic mass is 10.0. The van der Waals surface area contributed by atoms with Crippen LogP contribution in [0, 0.1) is 5.92 Å². The Morgan fingerprint density at radius 1 is 1.17 bits per heavy atom. The van der Waals surface area contributed by atoms with E-state index >= 15 is 0 Å². The summed E-state index contributed by atoms with van der Waals surface area (Å²) in [6.45, 7) is 5.37. The van der Waals surface area contributed by atoms with E-state index in [1.54, 1.807) is 13.8 Å². The molecule has 0 heterocycles. The van der Waals surface area contributed by atoms with E-state index in [9.17, 15) is 14.4 Å². The molecule has 0 radical (unpaired) electrons. The third kappa shape index (κ3) is 5.98. The van der Waals surface area contributed by atoms with E-state index in [2.05, 4.69) is 16.0 Å². The van der Waals surface area contributed by atoms with Crippen LogP contribution in [0.2, 0.25) is 0 Å². The molecule has 0 fully saturated rings. The van der Waals surface area contributed by atoms with Crippen LogP contribution in [0.1, 0.15) is 26.3 Å². The van der Waals surface area contributed by atoms with Gasteiger partial charge in [0, 0.05) is 5.69 Å². The maximum atomic E-state index is 12.0. The molecule has 126 valence electrons. The predicted octanol–water partition coefficient (Wildman–Crippen LogP) is 0.997. The van der Waals surface area contributed by atoms with Crippen LogP contribution in [0.3, 0.4) is 0 Å². The molecule has 0 aliphatic carbocycles. The smallest absolute Gasteiger partial charge is 0.312 e. The number of nitrogens with two attached hydrogens (primary N) is 1. The largest absolute Gasteiger partial charge is 0.352 e. The molecule has 0 unspecified atom stereocenters. The minimum absolute atomic E-state index is 0.147. The normalized spacial score (nSPS) is 11.7. The number of amides is 4. The van der Waals surface area contributed by atoms with Crippen LogP contribution in [0.25, 0.3) is 0 Å². The topological polar surface area (TPSA) is 113 Å². The van der Waals surface area contributed by atoms with Crippen molar-refractivity contribution in [1.82, 2.24) is 10.6 Å². The fourth-order valence-corrected chi connectivity index (χ4v) is 2.11. The van der Waals surface area contributed by atoms with E-state index in [0.29, 0.717) is 0 Å². The lowest BCUT2D eigenvalue weighted by molar-refractivity contribution is -0.126. The van der Waals surface area contributed by atoms with Crippen LogP contribution in [0.15, 0.2) is 24.3 Å². The highest BCUT2D eigenvalue weighted by molar-refractivity contribution is 5.96. The number of hydrogen-bond acceptors (Lipinski definition) is 3. The molecule has 0 bridgehead atoms. The molecule has 0 aromatic heterocycles. The van der Waals surface area contributed by atoms with Gasteiger partial charge in [0.05, 0.1) is 6.54 Å². The maximum absolute atomic E-state index is 12.0. The number of benzene rings is 1. The highest BCUT2D eigenvalue weighted by Crippen LogP contribution is 2.14. The Labute approximate surface area is 136 Å². The van der Waals surface area contributed by atoms with Crippen molar-refractivity contribution in [3.8, 4) is 0 Å². The predicted molar refractivity (Wildman–Crippen MR) is 88.8 cm³/mol. The Kier molecular flexibility index (Phi) is 7.05. The van der Waals surface area contributed by atoms with Crippen molar-refractivity contribution >= 4 is 23.5 Å². The number of nitrogens with one attached hydrogen (secondary N) is 3. The highest BCUT2D eigenvalue weighted by atomic mass is 16.2. The van der Waals surface area contributed by atoms with Crippen LogP contribution in [-0.2, 0) is 16.0 Å². The van der Waals surface area contributed by atoms with E-state index in [0.717, 1.165) is 17.7 Å². The van der Waals surface area contributed by atoms with Crippen molar-refractivity contribution in [2.45, 2.75) is 33.2 Å². The van der Waals surface area contributed by atoms with Crippen molar-refractivity contribution in [1.29, 1.82) is 0 Å². The van der Waals surface area contributed by atoms with Crippen molar-refractivity contribution in [3.63, 3.8) is 0 Å². The lowest BCUT2D eigenvalue weighted by Gasteiger charge is -2.20. The first-order chi connectivity index (χ1) is 10.8. The fourth-order valence-electron chi connectivity index (χ4n) is 2.11. The SMILES string of the molecule is CCc1ccccc1NC(=O)CNC(=O)[C@@H](NC(N)=O)C(C)C. The molecule has 7 nitrogen and oxygen atoms in total. The van der Waals surface area contributed by atoms with Gasteiger partial charge in [-0.25, -0.2) is 4.79 Å². The number of carbonyl (C=O) groups excluding carboxylic acids is 3. The molecular formula is C16H24N4O3. The van der Waals surface area contributed by atoms with E-state index in [-0.39, 0.29) is 18.4 Å². The number of hydrogen-bond donors (Lipinski definition) is 4. The van der Waals surface area contributed by atoms with Gasteiger partial charge in [-0.15, -0.1) is 0 Å². The van der Waals surface area contributed by atoms with Gasteiger partial charge in [-0.05, 0) is 24.0 Å². The Bertz CT molecular complexity index is 572. The van der Waals surface area contributed by atoms with Gasteiger partial charge >= 0.3 is 6.03 Å². The molecule has 0 spiro atoms. The van der Waals surface area contributed by atoms with Crippen molar-refractivity contribution in [2.24, 2.45) is 11.7 Å². The van der Waals surface area contributed by atoms with Gasteiger partial charge in [-0.3, -0.25) is 9.59 Å². The minimum atomic E-state index is -0.778. The molecule has 7 heteroatoms. The molecule has 1 aromatic rings. The molecule has 1 atom stereocenters. The van der Waals surface area contributed by atoms with Crippen LogP contribution in [-0.4, -0.2) is 30.4 Å². The highest BCUT2D eigenvalue weighted by Gasteiger charge is 2.23. The van der Waals surface area contributed by atoms with Crippen molar-refractivity contribution in [3.05, 3.63) is 29.8 Å². The van der Waals surface area contributed by atoms with Crippen LogP contribution >= 0.6 is 0 Å². The van der Waals surface area contributed by atoms with Crippen molar-refractivity contribution < 1.29 is 14.4 Å². The number of para-hydroxylation sites is 1. The number of carbonyl (C=O) groups is 3. The standard InChI is InChI=1S/C16H24N4O3/c1-4-11-7-5-6-8-12(11)19-13(21)9-18-15(22)14(10(2)3)20-16(17)23/h5-8,10,14H,4,9H2,1-3H3,(H,18,22)(H,19,21)(H3,17,20,23)/t14-/m0/s1. The first kappa shape index (κ1) is 18.5. The third-order valence-electron chi connectivity index (χ3n) is 3.34. The molecule has 0 saturated heterocycles. The van der Waals surface area contributed by atoms with E-state index < -0.39 is 18.0 Å². The van der Waals surface area contributed by atoms with Gasteiger partial charge in [0.1, 0.15) is 6.04 Å². The first-order valence-corrected chi connectivity index (χ1v) is 7.56. The molecule has 1 aromatic carbocycles. The summed E-state index contributed by atoms with van der Waals surface area (Å²) in [5.74, 6) is -0.926. The number of urea groups is 1. The fraction of sp³-hybridized carbons (Fsp3) is 0.438. The maximum Gasteiger partial charge on any atom is 0.312 e. The van der Waals surface area contributed by atoms with Crippen molar-refractivity contribution in [2.75, 3.05) is 11.9 Å². The molecule has 0 aliphatic heterocycles. The molecular weight excluding hydrogens is 296 g/mol. The van der Waals surface area contributed by atoms with E-state index in [4.69, 9.17) is 5.73 Å². The van der Waals surface area contributed by atoms with Gasteiger partial charge < -0.3 is 21.7 Å². The number of primary amides is 1. The molecule has 4 amide bonds. The molecule has 23 heavy (non-hydrogen) atoms. The second-order valence-corrected chi connectivity index (χ2v) is 5.51. The second kappa shape index (κ2) is 8.77. The summed E-state index contributed by atoms with van der Waals surface area (Å²) in [4.78, 5) is 34.9. The number of rotatable bonds is 7. The molecule has 5 N–H and O–H groups in total. The summed E-state index contributed by atoms with van der Waals surface area (Å²) in [6, 6.07) is 5.92. The zero-order valence-electron chi connectivity index (χ0n) is 13.7. The van der Waals surface area contributed by atoms with Gasteiger partial charge in [0.2, 0.25) is 11.8 Å². The third-order valence-corrected chi connectivity index (χ3v) is 3.34. The van der Waals surface area contributed by atoms with Gasteiger partial charge in [-0.1, -0.05) is 39.0 Å². The zero-order valence-corrected chi connectivity index (χ0v) is 13.7. The Morgan fingerprint density at radius 3 is 2.39 bits per heavy atom. The average molecular weight is 320 g/mol. The molecule has 0 aliphatic rings.